The van der Waals surface area contributed by atoms with E-state index < -0.39 is 11.2 Å². The standard InChI is InChI=1S/C15H22O3/c1-7-5-10-15(18-10)11(7)12-8(13(12,2)3)6-9(16)14(15,4)17/h7-8,10-12,17H,5-6H2,1-4H3/t7-,8-,10-,11+,12-,14-,15-/m1/s1. The molecule has 100 valence electrons. The van der Waals surface area contributed by atoms with E-state index in [9.17, 15) is 9.90 Å². The van der Waals surface area contributed by atoms with E-state index in [1.165, 1.54) is 0 Å². The Balaban J connectivity index is 1.85. The van der Waals surface area contributed by atoms with Crippen molar-refractivity contribution in [3.63, 3.8) is 0 Å². The average Bonchev–Trinajstić information content (AvgIpc) is 3.05. The van der Waals surface area contributed by atoms with Gasteiger partial charge in [-0.25, -0.2) is 0 Å². The van der Waals surface area contributed by atoms with Gasteiger partial charge >= 0.3 is 0 Å². The summed E-state index contributed by atoms with van der Waals surface area (Å²) in [5.41, 5.74) is -1.56. The SMILES string of the molecule is C[C@@H]1C[C@H]2O[C@@]23[C@@H]1[C@H]1[C@@H](CC(=O)[C@@]3(C)O)C1(C)C. The molecule has 4 aliphatic rings. The Labute approximate surface area is 108 Å². The minimum absolute atomic E-state index is 0.00201. The van der Waals surface area contributed by atoms with Crippen molar-refractivity contribution < 1.29 is 14.6 Å². The van der Waals surface area contributed by atoms with Gasteiger partial charge in [0.25, 0.3) is 0 Å². The van der Waals surface area contributed by atoms with Crippen molar-refractivity contribution in [2.45, 2.75) is 57.8 Å². The molecule has 1 aliphatic heterocycles. The number of ketones is 1. The fourth-order valence-electron chi connectivity index (χ4n) is 5.50. The fraction of sp³-hybridized carbons (Fsp3) is 0.933. The van der Waals surface area contributed by atoms with Crippen LogP contribution in [-0.2, 0) is 9.53 Å². The number of carbonyl (C=O) groups excluding carboxylic acids is 1. The molecule has 0 amide bonds. The number of hydrogen-bond donors (Lipinski definition) is 1. The molecule has 3 saturated carbocycles. The number of carbonyl (C=O) groups is 1. The van der Waals surface area contributed by atoms with Crippen LogP contribution in [0.3, 0.4) is 0 Å². The molecule has 4 rings (SSSR count). The number of epoxide rings is 1. The highest BCUT2D eigenvalue weighted by Gasteiger charge is 2.84. The van der Waals surface area contributed by atoms with E-state index >= 15 is 0 Å². The van der Waals surface area contributed by atoms with Gasteiger partial charge in [-0.2, -0.15) is 0 Å². The van der Waals surface area contributed by atoms with Gasteiger partial charge in [0.2, 0.25) is 0 Å². The van der Waals surface area contributed by atoms with Crippen molar-refractivity contribution in [1.29, 1.82) is 0 Å². The van der Waals surface area contributed by atoms with Gasteiger partial charge in [-0.3, -0.25) is 4.79 Å². The van der Waals surface area contributed by atoms with Crippen molar-refractivity contribution in [2.75, 3.05) is 0 Å². The highest BCUT2D eigenvalue weighted by molar-refractivity contribution is 5.90. The molecule has 0 bridgehead atoms. The molecule has 1 heterocycles. The molecule has 0 radical (unpaired) electrons. The van der Waals surface area contributed by atoms with Gasteiger partial charge in [0, 0.05) is 12.3 Å². The molecule has 0 aromatic carbocycles. The number of rotatable bonds is 0. The first-order valence-corrected chi connectivity index (χ1v) is 7.18. The quantitative estimate of drug-likeness (QED) is 0.667. The predicted molar refractivity (Wildman–Crippen MR) is 65.9 cm³/mol. The number of hydrogen-bond acceptors (Lipinski definition) is 3. The minimum atomic E-state index is -1.27. The van der Waals surface area contributed by atoms with Gasteiger partial charge < -0.3 is 9.84 Å². The lowest BCUT2D eigenvalue weighted by molar-refractivity contribution is -0.146. The molecule has 18 heavy (non-hydrogen) atoms. The van der Waals surface area contributed by atoms with E-state index in [0.717, 1.165) is 6.42 Å². The van der Waals surface area contributed by atoms with Gasteiger partial charge in [-0.1, -0.05) is 20.8 Å². The number of aliphatic hydroxyl groups is 1. The van der Waals surface area contributed by atoms with Crippen LogP contribution in [0.1, 0.15) is 40.5 Å². The molecule has 3 aliphatic carbocycles. The maximum absolute atomic E-state index is 12.4. The van der Waals surface area contributed by atoms with Crippen molar-refractivity contribution in [3.05, 3.63) is 0 Å². The topological polar surface area (TPSA) is 49.8 Å². The van der Waals surface area contributed by atoms with Gasteiger partial charge in [0.05, 0.1) is 6.10 Å². The Morgan fingerprint density at radius 3 is 2.61 bits per heavy atom. The van der Waals surface area contributed by atoms with Gasteiger partial charge in [0.15, 0.2) is 11.4 Å². The molecular weight excluding hydrogens is 228 g/mol. The van der Waals surface area contributed by atoms with Gasteiger partial charge in [-0.05, 0) is 36.5 Å². The highest BCUT2D eigenvalue weighted by atomic mass is 16.6. The Morgan fingerprint density at radius 2 is 1.94 bits per heavy atom. The zero-order valence-electron chi connectivity index (χ0n) is 11.6. The second kappa shape index (κ2) is 2.71. The average molecular weight is 250 g/mol. The van der Waals surface area contributed by atoms with E-state index in [1.54, 1.807) is 6.92 Å². The molecule has 0 aromatic rings. The summed E-state index contributed by atoms with van der Waals surface area (Å²) in [6, 6.07) is 0. The minimum Gasteiger partial charge on any atom is -0.379 e. The number of Topliss-reactive ketones (excluding diaryl/α,β-unsaturated/α-hetero) is 1. The van der Waals surface area contributed by atoms with Crippen LogP contribution >= 0.6 is 0 Å². The lowest BCUT2D eigenvalue weighted by atomic mass is 9.72. The largest absolute Gasteiger partial charge is 0.379 e. The summed E-state index contributed by atoms with van der Waals surface area (Å²) in [5, 5.41) is 10.7. The fourth-order valence-corrected chi connectivity index (χ4v) is 5.50. The van der Waals surface area contributed by atoms with Crippen LogP contribution in [0.5, 0.6) is 0 Å². The smallest absolute Gasteiger partial charge is 0.167 e. The summed E-state index contributed by atoms with van der Waals surface area (Å²) >= 11 is 0. The first kappa shape index (κ1) is 11.4. The van der Waals surface area contributed by atoms with Crippen molar-refractivity contribution in [3.8, 4) is 0 Å². The zero-order chi connectivity index (χ0) is 13.1. The molecular formula is C15H22O3. The summed E-state index contributed by atoms with van der Waals surface area (Å²) in [6.07, 6.45) is 1.66. The maximum atomic E-state index is 12.4. The molecule has 3 nitrogen and oxygen atoms in total. The second-order valence-corrected chi connectivity index (χ2v) is 7.79. The summed E-state index contributed by atoms with van der Waals surface area (Å²) in [7, 11) is 0. The molecule has 0 aromatic heterocycles. The van der Waals surface area contributed by atoms with Crippen LogP contribution in [0.15, 0.2) is 0 Å². The third-order valence-electron chi connectivity index (χ3n) is 6.69. The van der Waals surface area contributed by atoms with Crippen molar-refractivity contribution in [2.24, 2.45) is 29.1 Å². The van der Waals surface area contributed by atoms with Crippen LogP contribution in [0.25, 0.3) is 0 Å². The third-order valence-corrected chi connectivity index (χ3v) is 6.69. The predicted octanol–water partition coefficient (Wildman–Crippen LogP) is 1.78. The molecule has 7 atom stereocenters. The van der Waals surface area contributed by atoms with E-state index in [4.69, 9.17) is 4.74 Å². The van der Waals surface area contributed by atoms with Crippen LogP contribution in [0.4, 0.5) is 0 Å². The third kappa shape index (κ3) is 0.935. The Hall–Kier alpha value is -0.410. The van der Waals surface area contributed by atoms with Gasteiger partial charge in [-0.15, -0.1) is 0 Å². The molecule has 1 N–H and O–H groups in total. The molecule has 1 spiro atoms. The first-order chi connectivity index (χ1) is 8.24. The van der Waals surface area contributed by atoms with E-state index in [0.29, 0.717) is 30.1 Å². The maximum Gasteiger partial charge on any atom is 0.167 e. The molecule has 0 unspecified atom stereocenters. The van der Waals surface area contributed by atoms with Crippen LogP contribution in [0.2, 0.25) is 0 Å². The number of ether oxygens (including phenoxy) is 1. The summed E-state index contributed by atoms with van der Waals surface area (Å²) in [4.78, 5) is 12.4. The normalized spacial score (nSPS) is 63.6. The first-order valence-electron chi connectivity index (χ1n) is 7.18. The highest BCUT2D eigenvalue weighted by Crippen LogP contribution is 2.76. The van der Waals surface area contributed by atoms with Crippen molar-refractivity contribution in [1.82, 2.24) is 0 Å². The van der Waals surface area contributed by atoms with Crippen molar-refractivity contribution >= 4 is 5.78 Å². The molecule has 3 heteroatoms. The van der Waals surface area contributed by atoms with Crippen LogP contribution in [0, 0.1) is 29.1 Å². The lowest BCUT2D eigenvalue weighted by Crippen LogP contribution is -2.53. The summed E-state index contributed by atoms with van der Waals surface area (Å²) in [6.45, 7) is 8.49. The lowest BCUT2D eigenvalue weighted by Gasteiger charge is -2.35. The monoisotopic (exact) mass is 250 g/mol. The zero-order valence-corrected chi connectivity index (χ0v) is 11.6. The molecule has 1 saturated heterocycles. The van der Waals surface area contributed by atoms with E-state index in [2.05, 4.69) is 20.8 Å². The second-order valence-electron chi connectivity index (χ2n) is 7.79. The van der Waals surface area contributed by atoms with E-state index in [-0.39, 0.29) is 17.3 Å². The van der Waals surface area contributed by atoms with Crippen LogP contribution in [-0.4, -0.2) is 28.2 Å². The molecule has 4 fully saturated rings. The summed E-state index contributed by atoms with van der Waals surface area (Å²) < 4.78 is 5.90. The Kier molecular flexibility index (Phi) is 1.72. The van der Waals surface area contributed by atoms with E-state index in [1.807, 2.05) is 0 Å². The van der Waals surface area contributed by atoms with Gasteiger partial charge in [0.1, 0.15) is 5.60 Å². The Morgan fingerprint density at radius 1 is 1.28 bits per heavy atom. The Bertz CT molecular complexity index is 453. The summed E-state index contributed by atoms with van der Waals surface area (Å²) in [5.74, 6) is 1.94. The number of fused-ring (bicyclic) bond motifs is 2. The van der Waals surface area contributed by atoms with Crippen LogP contribution < -0.4 is 0 Å².